The van der Waals surface area contributed by atoms with Gasteiger partial charge in [-0.3, -0.25) is 0 Å². The summed E-state index contributed by atoms with van der Waals surface area (Å²) >= 11 is 0. The minimum Gasteiger partial charge on any atom is -0.464 e. The van der Waals surface area contributed by atoms with Crippen LogP contribution in [0.25, 0.3) is 5.57 Å². The van der Waals surface area contributed by atoms with Gasteiger partial charge in [0.1, 0.15) is 12.0 Å². The number of allylic oxidation sites excluding steroid dienone is 1. The molecule has 94 valence electrons. The molecule has 1 rings (SSSR count). The first-order chi connectivity index (χ1) is 8.19. The van der Waals surface area contributed by atoms with E-state index in [0.717, 1.165) is 18.4 Å². The van der Waals surface area contributed by atoms with Crippen LogP contribution in [0.2, 0.25) is 0 Å². The van der Waals surface area contributed by atoms with E-state index in [0.29, 0.717) is 17.9 Å². The van der Waals surface area contributed by atoms with Gasteiger partial charge in [-0.1, -0.05) is 26.3 Å². The minimum atomic E-state index is -0.344. The maximum Gasteiger partial charge on any atom is 0.341 e. The lowest BCUT2D eigenvalue weighted by molar-refractivity contribution is 0.0525. The van der Waals surface area contributed by atoms with Gasteiger partial charge in [0.2, 0.25) is 0 Å². The highest BCUT2D eigenvalue weighted by molar-refractivity contribution is 5.89. The van der Waals surface area contributed by atoms with E-state index in [4.69, 9.17) is 9.15 Å². The van der Waals surface area contributed by atoms with Crippen molar-refractivity contribution < 1.29 is 13.9 Å². The third-order valence-corrected chi connectivity index (χ3v) is 2.54. The van der Waals surface area contributed by atoms with Gasteiger partial charge in [0.05, 0.1) is 12.2 Å². The molecule has 0 atom stereocenters. The molecule has 3 heteroatoms. The van der Waals surface area contributed by atoms with Crippen LogP contribution in [0.15, 0.2) is 23.3 Å². The van der Waals surface area contributed by atoms with E-state index < -0.39 is 0 Å². The average Bonchev–Trinajstić information content (AvgIpc) is 2.79. The summed E-state index contributed by atoms with van der Waals surface area (Å²) in [7, 11) is 0. The fourth-order valence-electron chi connectivity index (χ4n) is 1.55. The van der Waals surface area contributed by atoms with Crippen molar-refractivity contribution in [3.63, 3.8) is 0 Å². The summed E-state index contributed by atoms with van der Waals surface area (Å²) in [6.07, 6.45) is 5.80. The number of hydrogen-bond acceptors (Lipinski definition) is 3. The van der Waals surface area contributed by atoms with Crippen molar-refractivity contribution >= 4 is 11.5 Å². The number of rotatable bonds is 7. The molecule has 1 heterocycles. The molecule has 0 bridgehead atoms. The van der Waals surface area contributed by atoms with Crippen molar-refractivity contribution in [1.82, 2.24) is 0 Å². The Morgan fingerprint density at radius 1 is 1.41 bits per heavy atom. The maximum absolute atomic E-state index is 11.4. The van der Waals surface area contributed by atoms with Crippen LogP contribution in [-0.4, -0.2) is 12.6 Å². The molecule has 0 radical (unpaired) electrons. The minimum absolute atomic E-state index is 0.344. The second kappa shape index (κ2) is 6.94. The Morgan fingerprint density at radius 3 is 2.82 bits per heavy atom. The average molecular weight is 236 g/mol. The molecule has 0 fully saturated rings. The van der Waals surface area contributed by atoms with E-state index in [1.807, 2.05) is 0 Å². The molecule has 3 nitrogen and oxygen atoms in total. The number of esters is 1. The van der Waals surface area contributed by atoms with Crippen LogP contribution in [0.4, 0.5) is 0 Å². The van der Waals surface area contributed by atoms with Crippen molar-refractivity contribution in [3.05, 3.63) is 30.2 Å². The lowest BCUT2D eigenvalue weighted by Crippen LogP contribution is -2.02. The first kappa shape index (κ1) is 13.6. The van der Waals surface area contributed by atoms with E-state index in [1.165, 1.54) is 19.1 Å². The second-order valence-corrected chi connectivity index (χ2v) is 3.98. The molecule has 1 aromatic rings. The first-order valence-corrected chi connectivity index (χ1v) is 6.12. The van der Waals surface area contributed by atoms with E-state index in [1.54, 1.807) is 13.0 Å². The lowest BCUT2D eigenvalue weighted by Gasteiger charge is -2.00. The van der Waals surface area contributed by atoms with Crippen LogP contribution >= 0.6 is 0 Å². The summed E-state index contributed by atoms with van der Waals surface area (Å²) in [5, 5.41) is 0. The quantitative estimate of drug-likeness (QED) is 0.529. The number of carbonyl (C=O) groups is 1. The monoisotopic (exact) mass is 236 g/mol. The normalized spacial score (nSPS) is 10.2. The molecular formula is C14H20O3. The summed E-state index contributed by atoms with van der Waals surface area (Å²) in [4.78, 5) is 11.4. The Labute approximate surface area is 102 Å². The molecule has 0 saturated heterocycles. The van der Waals surface area contributed by atoms with Gasteiger partial charge in [-0.05, 0) is 31.4 Å². The molecule has 0 amide bonds. The summed E-state index contributed by atoms with van der Waals surface area (Å²) in [6, 6.07) is 1.70. The molecule has 0 spiro atoms. The molecule has 0 aliphatic rings. The van der Waals surface area contributed by atoms with Gasteiger partial charge in [0.25, 0.3) is 0 Å². The Balaban J connectivity index is 2.55. The molecular weight excluding hydrogens is 216 g/mol. The zero-order chi connectivity index (χ0) is 12.7. The van der Waals surface area contributed by atoms with Crippen molar-refractivity contribution in [1.29, 1.82) is 0 Å². The molecule has 0 aliphatic carbocycles. The van der Waals surface area contributed by atoms with Gasteiger partial charge in [-0.2, -0.15) is 0 Å². The van der Waals surface area contributed by atoms with Crippen LogP contribution in [0, 0.1) is 0 Å². The van der Waals surface area contributed by atoms with Gasteiger partial charge in [0, 0.05) is 0 Å². The Morgan fingerprint density at radius 2 is 2.18 bits per heavy atom. The number of unbranched alkanes of at least 4 members (excludes halogenated alkanes) is 2. The van der Waals surface area contributed by atoms with Crippen LogP contribution in [0.5, 0.6) is 0 Å². The second-order valence-electron chi connectivity index (χ2n) is 3.98. The van der Waals surface area contributed by atoms with Crippen LogP contribution in [-0.2, 0) is 4.74 Å². The predicted molar refractivity (Wildman–Crippen MR) is 67.8 cm³/mol. The maximum atomic E-state index is 11.4. The summed E-state index contributed by atoms with van der Waals surface area (Å²) in [6.45, 7) is 8.28. The zero-order valence-electron chi connectivity index (χ0n) is 10.6. The van der Waals surface area contributed by atoms with E-state index in [9.17, 15) is 4.79 Å². The van der Waals surface area contributed by atoms with E-state index >= 15 is 0 Å². The number of carbonyl (C=O) groups excluding carboxylic acids is 1. The Bertz CT molecular complexity index is 377. The number of furan rings is 1. The summed E-state index contributed by atoms with van der Waals surface area (Å²) < 4.78 is 10.2. The highest BCUT2D eigenvalue weighted by Crippen LogP contribution is 2.22. The van der Waals surface area contributed by atoms with Gasteiger partial charge < -0.3 is 9.15 Å². The predicted octanol–water partition coefficient (Wildman–Crippen LogP) is 4.05. The van der Waals surface area contributed by atoms with Gasteiger partial charge in [0.15, 0.2) is 0 Å². The van der Waals surface area contributed by atoms with Crippen molar-refractivity contribution in [2.45, 2.75) is 39.5 Å². The third-order valence-electron chi connectivity index (χ3n) is 2.54. The smallest absolute Gasteiger partial charge is 0.341 e. The van der Waals surface area contributed by atoms with Gasteiger partial charge >= 0.3 is 5.97 Å². The van der Waals surface area contributed by atoms with Crippen molar-refractivity contribution in [2.75, 3.05) is 6.61 Å². The number of ether oxygens (including phenoxy) is 1. The number of hydrogen-bond donors (Lipinski definition) is 0. The molecule has 1 aromatic heterocycles. The molecule has 17 heavy (non-hydrogen) atoms. The fraction of sp³-hybridized carbons (Fsp3) is 0.500. The van der Waals surface area contributed by atoms with E-state index in [-0.39, 0.29) is 5.97 Å². The van der Waals surface area contributed by atoms with Gasteiger partial charge in [-0.15, -0.1) is 0 Å². The largest absolute Gasteiger partial charge is 0.464 e. The first-order valence-electron chi connectivity index (χ1n) is 6.12. The summed E-state index contributed by atoms with van der Waals surface area (Å²) in [5.41, 5.74) is 1.40. The van der Waals surface area contributed by atoms with Crippen LogP contribution in [0.1, 0.15) is 55.6 Å². The third kappa shape index (κ3) is 4.10. The highest BCUT2D eigenvalue weighted by Gasteiger charge is 2.12. The molecule has 0 aliphatic heterocycles. The van der Waals surface area contributed by atoms with Gasteiger partial charge in [-0.25, -0.2) is 4.79 Å². The fourth-order valence-corrected chi connectivity index (χ4v) is 1.55. The van der Waals surface area contributed by atoms with Crippen LogP contribution < -0.4 is 0 Å². The van der Waals surface area contributed by atoms with Crippen LogP contribution in [0.3, 0.4) is 0 Å². The lowest BCUT2D eigenvalue weighted by atomic mass is 10.1. The SMILES string of the molecule is C=C(CCCCC)c1cc(C(=O)OCC)co1. The topological polar surface area (TPSA) is 39.4 Å². The standard InChI is InChI=1S/C14H20O3/c1-4-6-7-8-11(3)13-9-12(10-17-13)14(15)16-5-2/h9-10H,3-8H2,1-2H3. The Hall–Kier alpha value is -1.51. The zero-order valence-corrected chi connectivity index (χ0v) is 10.6. The molecule has 0 N–H and O–H groups in total. The summed E-state index contributed by atoms with van der Waals surface area (Å²) in [5.74, 6) is 0.341. The molecule has 0 saturated carbocycles. The molecule has 0 aromatic carbocycles. The van der Waals surface area contributed by atoms with Crippen molar-refractivity contribution in [2.24, 2.45) is 0 Å². The highest BCUT2D eigenvalue weighted by atomic mass is 16.5. The Kier molecular flexibility index (Phi) is 5.53. The van der Waals surface area contributed by atoms with E-state index in [2.05, 4.69) is 13.5 Å². The molecule has 0 unspecified atom stereocenters. The van der Waals surface area contributed by atoms with Crippen molar-refractivity contribution in [3.8, 4) is 0 Å².